The molecule has 3 aliphatic rings. The number of carbonyl (C=O) groups excluding carboxylic acids is 2. The van der Waals surface area contributed by atoms with Crippen molar-refractivity contribution in [2.45, 2.75) is 44.7 Å². The summed E-state index contributed by atoms with van der Waals surface area (Å²) in [4.78, 5) is 29.0. The molecule has 0 radical (unpaired) electrons. The second-order valence-corrected chi connectivity index (χ2v) is 7.08. The van der Waals surface area contributed by atoms with E-state index in [0.717, 1.165) is 38.9 Å². The first-order valence-electron chi connectivity index (χ1n) is 8.44. The predicted molar refractivity (Wildman–Crippen MR) is 80.1 cm³/mol. The monoisotopic (exact) mass is 318 g/mol. The third-order valence-corrected chi connectivity index (χ3v) is 5.61. The Bertz CT molecular complexity index is 603. The van der Waals surface area contributed by atoms with Crippen molar-refractivity contribution in [2.75, 3.05) is 19.6 Å². The molecule has 3 aliphatic heterocycles. The number of likely N-dealkylation sites (tertiary alicyclic amines) is 1. The topological polar surface area (TPSA) is 84.2 Å². The van der Waals surface area contributed by atoms with Crippen molar-refractivity contribution < 1.29 is 9.59 Å². The van der Waals surface area contributed by atoms with E-state index < -0.39 is 0 Å². The van der Waals surface area contributed by atoms with Crippen molar-refractivity contribution in [1.29, 1.82) is 0 Å². The van der Waals surface area contributed by atoms with Gasteiger partial charge in [-0.1, -0.05) is 0 Å². The highest BCUT2D eigenvalue weighted by molar-refractivity contribution is 5.80. The van der Waals surface area contributed by atoms with Crippen LogP contribution in [0.1, 0.15) is 38.6 Å². The highest BCUT2D eigenvalue weighted by Crippen LogP contribution is 2.38. The van der Waals surface area contributed by atoms with Crippen molar-refractivity contribution in [1.82, 2.24) is 30.0 Å². The Balaban J connectivity index is 1.49. The van der Waals surface area contributed by atoms with Crippen LogP contribution in [-0.4, -0.2) is 67.5 Å². The first kappa shape index (κ1) is 14.6. The molecule has 1 aromatic heterocycles. The fourth-order valence-electron chi connectivity index (χ4n) is 4.51. The number of aromatic nitrogens is 4. The Labute approximate surface area is 134 Å². The zero-order valence-electron chi connectivity index (χ0n) is 13.3. The van der Waals surface area contributed by atoms with E-state index in [1.807, 2.05) is 11.8 Å². The van der Waals surface area contributed by atoms with Crippen LogP contribution in [0, 0.1) is 11.8 Å². The van der Waals surface area contributed by atoms with Gasteiger partial charge in [0, 0.05) is 32.1 Å². The Kier molecular flexibility index (Phi) is 3.54. The highest BCUT2D eigenvalue weighted by atomic mass is 16.2. The van der Waals surface area contributed by atoms with Gasteiger partial charge in [0.2, 0.25) is 11.8 Å². The van der Waals surface area contributed by atoms with Gasteiger partial charge in [0.1, 0.15) is 12.4 Å². The number of piperidine rings is 3. The van der Waals surface area contributed by atoms with Crippen LogP contribution in [-0.2, 0) is 9.59 Å². The van der Waals surface area contributed by atoms with Gasteiger partial charge in [-0.05, 0) is 48.4 Å². The molecule has 124 valence electrons. The zero-order valence-corrected chi connectivity index (χ0v) is 13.3. The molecular weight excluding hydrogens is 296 g/mol. The highest BCUT2D eigenvalue weighted by Gasteiger charge is 2.45. The molecule has 2 amide bonds. The number of rotatable bonds is 2. The lowest BCUT2D eigenvalue weighted by Crippen LogP contribution is -2.61. The molecule has 1 aromatic rings. The van der Waals surface area contributed by atoms with Crippen LogP contribution in [0.3, 0.4) is 0 Å². The van der Waals surface area contributed by atoms with E-state index >= 15 is 0 Å². The largest absolute Gasteiger partial charge is 0.340 e. The number of fused-ring (bicyclic) bond motifs is 4. The van der Waals surface area contributed by atoms with Gasteiger partial charge in [-0.15, -0.1) is 5.10 Å². The fraction of sp³-hybridized carbons (Fsp3) is 0.800. The summed E-state index contributed by atoms with van der Waals surface area (Å²) in [6.45, 7) is 4.12. The molecule has 0 saturated carbocycles. The average Bonchev–Trinajstić information content (AvgIpc) is 3.09. The summed E-state index contributed by atoms with van der Waals surface area (Å²) < 4.78 is 1.50. The molecule has 0 spiro atoms. The molecular formula is C15H22N6O2. The number of amides is 2. The van der Waals surface area contributed by atoms with E-state index in [4.69, 9.17) is 0 Å². The summed E-state index contributed by atoms with van der Waals surface area (Å²) in [6, 6.07) is -0.0561. The van der Waals surface area contributed by atoms with E-state index in [-0.39, 0.29) is 11.9 Å². The molecule has 3 saturated heterocycles. The molecule has 8 heteroatoms. The molecule has 8 nitrogen and oxygen atoms in total. The lowest BCUT2D eigenvalue weighted by Gasteiger charge is -2.52. The van der Waals surface area contributed by atoms with E-state index in [1.54, 1.807) is 0 Å². The minimum atomic E-state index is -0.382. The molecule has 23 heavy (non-hydrogen) atoms. The summed E-state index contributed by atoms with van der Waals surface area (Å²) in [7, 11) is 0. The Morgan fingerprint density at radius 3 is 3.00 bits per heavy atom. The van der Waals surface area contributed by atoms with E-state index in [9.17, 15) is 9.59 Å². The first-order valence-corrected chi connectivity index (χ1v) is 8.44. The maximum Gasteiger partial charge on any atom is 0.247 e. The van der Waals surface area contributed by atoms with Gasteiger partial charge < -0.3 is 9.80 Å². The summed E-state index contributed by atoms with van der Waals surface area (Å²) >= 11 is 0. The second-order valence-electron chi connectivity index (χ2n) is 7.08. The minimum Gasteiger partial charge on any atom is -0.340 e. The molecule has 4 atom stereocenters. The first-order chi connectivity index (χ1) is 11.1. The van der Waals surface area contributed by atoms with Crippen LogP contribution < -0.4 is 0 Å². The van der Waals surface area contributed by atoms with Gasteiger partial charge in [-0.25, -0.2) is 4.68 Å². The van der Waals surface area contributed by atoms with Gasteiger partial charge in [0.05, 0.1) is 0 Å². The molecule has 4 rings (SSSR count). The predicted octanol–water partition coefficient (Wildman–Crippen LogP) is 0.0935. The lowest BCUT2D eigenvalue weighted by atomic mass is 9.76. The Morgan fingerprint density at radius 2 is 2.22 bits per heavy atom. The SMILES string of the molecule is C[C@@H](C(=O)N1CC2CC(C1)C1CCCC(=O)N1C2)n1cnnn1. The standard InChI is InChI=1S/C15H22N6O2/c1-10(21-9-16-17-18-21)15(23)19-6-11-5-12(8-19)13-3-2-4-14(22)20(13)7-11/h9-13H,2-8H2,1H3/t10-,11?,12?,13?/m0/s1. The molecule has 3 unspecified atom stereocenters. The number of nitrogens with zero attached hydrogens (tertiary/aromatic N) is 6. The number of hydrogen-bond acceptors (Lipinski definition) is 5. The van der Waals surface area contributed by atoms with Crippen molar-refractivity contribution in [3.63, 3.8) is 0 Å². The minimum absolute atomic E-state index is 0.0718. The van der Waals surface area contributed by atoms with Crippen LogP contribution in [0.25, 0.3) is 0 Å². The Morgan fingerprint density at radius 1 is 1.35 bits per heavy atom. The number of carbonyl (C=O) groups is 2. The second kappa shape index (κ2) is 5.58. The zero-order chi connectivity index (χ0) is 16.0. The normalized spacial score (nSPS) is 31.7. The number of tetrazole rings is 1. The van der Waals surface area contributed by atoms with Crippen LogP contribution in [0.2, 0.25) is 0 Å². The summed E-state index contributed by atoms with van der Waals surface area (Å²) in [6.07, 6.45) is 5.37. The van der Waals surface area contributed by atoms with E-state index in [1.165, 1.54) is 11.0 Å². The van der Waals surface area contributed by atoms with Crippen LogP contribution in [0.4, 0.5) is 0 Å². The fourth-order valence-corrected chi connectivity index (χ4v) is 4.51. The quantitative estimate of drug-likeness (QED) is 0.772. The molecule has 2 bridgehead atoms. The van der Waals surface area contributed by atoms with E-state index in [0.29, 0.717) is 30.2 Å². The molecule has 4 heterocycles. The van der Waals surface area contributed by atoms with Gasteiger partial charge in [0.15, 0.2) is 0 Å². The number of hydrogen-bond donors (Lipinski definition) is 0. The molecule has 0 N–H and O–H groups in total. The third kappa shape index (κ3) is 2.49. The van der Waals surface area contributed by atoms with Crippen molar-refractivity contribution in [3.05, 3.63) is 6.33 Å². The maximum absolute atomic E-state index is 12.8. The third-order valence-electron chi connectivity index (χ3n) is 5.61. The van der Waals surface area contributed by atoms with Gasteiger partial charge in [0.25, 0.3) is 0 Å². The van der Waals surface area contributed by atoms with Crippen molar-refractivity contribution >= 4 is 11.8 Å². The van der Waals surface area contributed by atoms with Gasteiger partial charge >= 0.3 is 0 Å². The summed E-state index contributed by atoms with van der Waals surface area (Å²) in [5, 5.41) is 11.1. The maximum atomic E-state index is 12.8. The van der Waals surface area contributed by atoms with Crippen molar-refractivity contribution in [3.8, 4) is 0 Å². The smallest absolute Gasteiger partial charge is 0.247 e. The van der Waals surface area contributed by atoms with E-state index in [2.05, 4.69) is 20.4 Å². The van der Waals surface area contributed by atoms with Crippen LogP contribution >= 0.6 is 0 Å². The van der Waals surface area contributed by atoms with Gasteiger partial charge in [-0.2, -0.15) is 0 Å². The van der Waals surface area contributed by atoms with Crippen molar-refractivity contribution in [2.24, 2.45) is 11.8 Å². The lowest BCUT2D eigenvalue weighted by molar-refractivity contribution is -0.150. The molecule has 0 aromatic carbocycles. The van der Waals surface area contributed by atoms with Crippen LogP contribution in [0.5, 0.6) is 0 Å². The summed E-state index contributed by atoms with van der Waals surface area (Å²) in [5.41, 5.74) is 0. The average molecular weight is 318 g/mol. The van der Waals surface area contributed by atoms with Crippen LogP contribution in [0.15, 0.2) is 6.33 Å². The molecule has 0 aliphatic carbocycles. The summed E-state index contributed by atoms with van der Waals surface area (Å²) in [5.74, 6) is 1.19. The Hall–Kier alpha value is -1.99. The molecule has 3 fully saturated rings. The van der Waals surface area contributed by atoms with Gasteiger partial charge in [-0.3, -0.25) is 9.59 Å².